The van der Waals surface area contributed by atoms with Gasteiger partial charge in [0.25, 0.3) is 0 Å². The molecule has 0 saturated carbocycles. The van der Waals surface area contributed by atoms with Crippen LogP contribution < -0.4 is 10.4 Å². The molecule has 2 atom stereocenters. The van der Waals surface area contributed by atoms with Gasteiger partial charge in [0.15, 0.2) is 0 Å². The Bertz CT molecular complexity index is 736. The maximum absolute atomic E-state index is 12.2. The molecule has 2 N–H and O–H groups in total. The Balaban J connectivity index is 1.64. The number of aliphatic hydroxyl groups excluding tert-OH is 1. The Morgan fingerprint density at radius 1 is 1.07 bits per heavy atom. The third-order valence-corrected chi connectivity index (χ3v) is 4.15. The van der Waals surface area contributed by atoms with Crippen LogP contribution in [0.5, 0.6) is 0 Å². The number of hydrogen-bond acceptors (Lipinski definition) is 5. The number of nitrogens with one attached hydrogen (secondary N) is 1. The summed E-state index contributed by atoms with van der Waals surface area (Å²) < 4.78 is 5.31. The van der Waals surface area contributed by atoms with Crippen LogP contribution in [0.25, 0.3) is 0 Å². The smallest absolute Gasteiger partial charge is 0.409 e. The van der Waals surface area contributed by atoms with Gasteiger partial charge in [-0.25, -0.2) is 9.86 Å². The zero-order valence-corrected chi connectivity index (χ0v) is 15.0. The van der Waals surface area contributed by atoms with E-state index in [9.17, 15) is 4.79 Å². The van der Waals surface area contributed by atoms with Crippen molar-refractivity contribution in [2.24, 2.45) is 0 Å². The van der Waals surface area contributed by atoms with Crippen molar-refractivity contribution in [3.8, 4) is 0 Å². The molecule has 6 nitrogen and oxygen atoms in total. The molecule has 0 spiro atoms. The molecule has 0 saturated heterocycles. The Labute approximate surface area is 159 Å². The van der Waals surface area contributed by atoms with Crippen LogP contribution >= 0.6 is 0 Å². The first-order valence-corrected chi connectivity index (χ1v) is 9.04. The molecule has 27 heavy (non-hydrogen) atoms. The van der Waals surface area contributed by atoms with Crippen molar-refractivity contribution < 1.29 is 19.5 Å². The summed E-state index contributed by atoms with van der Waals surface area (Å²) in [5.74, 6) is 0. The van der Waals surface area contributed by atoms with Gasteiger partial charge in [-0.05, 0) is 36.6 Å². The van der Waals surface area contributed by atoms with E-state index in [1.54, 1.807) is 5.06 Å². The number of alkyl carbamates (subject to hydrolysis) is 1. The number of benzene rings is 2. The topological polar surface area (TPSA) is 71.0 Å². The van der Waals surface area contributed by atoms with Crippen molar-refractivity contribution in [1.29, 1.82) is 0 Å². The standard InChI is InChI=1S/C21H24N2O4/c24-15-7-12-19-13-14-20(23(27-19)18-10-5-2-6-11-18)22-21(25)26-16-17-8-3-1-4-9-17/h1-6,8-11,13-14,19-20,24H,7,12,15-16H2,(H,22,25)/t19-,20-/m0/s1. The van der Waals surface area contributed by atoms with Crippen LogP contribution in [0.15, 0.2) is 72.8 Å². The van der Waals surface area contributed by atoms with E-state index < -0.39 is 12.3 Å². The second-order valence-electron chi connectivity index (χ2n) is 6.21. The number of para-hydroxylation sites is 1. The first-order chi connectivity index (χ1) is 13.3. The van der Waals surface area contributed by atoms with Crippen molar-refractivity contribution in [2.75, 3.05) is 11.7 Å². The fourth-order valence-electron chi connectivity index (χ4n) is 2.78. The Morgan fingerprint density at radius 2 is 1.78 bits per heavy atom. The molecule has 0 fully saturated rings. The molecular formula is C21H24N2O4. The van der Waals surface area contributed by atoms with E-state index in [0.29, 0.717) is 12.8 Å². The molecule has 1 heterocycles. The highest BCUT2D eigenvalue weighted by Gasteiger charge is 2.27. The van der Waals surface area contributed by atoms with Gasteiger partial charge in [0.05, 0.1) is 5.69 Å². The first kappa shape index (κ1) is 18.9. The number of carbonyl (C=O) groups is 1. The SMILES string of the molecule is O=C(N[C@@H]1C=C[C@H](CCCO)ON1c1ccccc1)OCc1ccccc1. The van der Waals surface area contributed by atoms with Crippen LogP contribution in [0.4, 0.5) is 10.5 Å². The number of carbonyl (C=O) groups excluding carboxylic acids is 1. The molecule has 2 aromatic rings. The van der Waals surface area contributed by atoms with Gasteiger partial charge < -0.3 is 9.84 Å². The van der Waals surface area contributed by atoms with Crippen LogP contribution in [0.2, 0.25) is 0 Å². The highest BCUT2D eigenvalue weighted by Crippen LogP contribution is 2.23. The Morgan fingerprint density at radius 3 is 2.48 bits per heavy atom. The van der Waals surface area contributed by atoms with Crippen LogP contribution in [-0.4, -0.2) is 30.1 Å². The fraction of sp³-hybridized carbons (Fsp3) is 0.286. The lowest BCUT2D eigenvalue weighted by Gasteiger charge is -2.36. The number of amides is 1. The van der Waals surface area contributed by atoms with Gasteiger partial charge in [-0.1, -0.05) is 54.6 Å². The molecule has 6 heteroatoms. The molecule has 3 rings (SSSR count). The third kappa shape index (κ3) is 5.57. The maximum Gasteiger partial charge on any atom is 0.409 e. The van der Waals surface area contributed by atoms with E-state index in [2.05, 4.69) is 5.32 Å². The molecule has 0 aliphatic carbocycles. The molecule has 1 amide bonds. The van der Waals surface area contributed by atoms with Crippen molar-refractivity contribution in [3.05, 3.63) is 78.4 Å². The van der Waals surface area contributed by atoms with Crippen LogP contribution in [0, 0.1) is 0 Å². The number of hydroxylamine groups is 1. The van der Waals surface area contributed by atoms with Crippen LogP contribution in [0.1, 0.15) is 18.4 Å². The number of ether oxygens (including phenoxy) is 1. The van der Waals surface area contributed by atoms with Crippen LogP contribution in [0.3, 0.4) is 0 Å². The van der Waals surface area contributed by atoms with E-state index >= 15 is 0 Å². The number of anilines is 1. The maximum atomic E-state index is 12.2. The van der Waals surface area contributed by atoms with Crippen molar-refractivity contribution in [3.63, 3.8) is 0 Å². The van der Waals surface area contributed by atoms with E-state index in [4.69, 9.17) is 14.7 Å². The van der Waals surface area contributed by atoms with Gasteiger partial charge in [0.2, 0.25) is 0 Å². The summed E-state index contributed by atoms with van der Waals surface area (Å²) in [5.41, 5.74) is 1.75. The van der Waals surface area contributed by atoms with E-state index in [-0.39, 0.29) is 19.3 Å². The van der Waals surface area contributed by atoms with Crippen molar-refractivity contribution in [2.45, 2.75) is 31.7 Å². The first-order valence-electron chi connectivity index (χ1n) is 9.04. The number of hydrogen-bond donors (Lipinski definition) is 2. The quantitative estimate of drug-likeness (QED) is 0.733. The average molecular weight is 368 g/mol. The average Bonchev–Trinajstić information content (AvgIpc) is 2.73. The van der Waals surface area contributed by atoms with Gasteiger partial charge >= 0.3 is 6.09 Å². The predicted octanol–water partition coefficient (Wildman–Crippen LogP) is 3.39. The largest absolute Gasteiger partial charge is 0.445 e. The molecule has 0 bridgehead atoms. The minimum atomic E-state index is -0.521. The zero-order chi connectivity index (χ0) is 18.9. The minimum Gasteiger partial charge on any atom is -0.445 e. The van der Waals surface area contributed by atoms with Gasteiger partial charge in [-0.2, -0.15) is 0 Å². The van der Waals surface area contributed by atoms with E-state index in [1.165, 1.54) is 0 Å². The molecule has 1 aliphatic rings. The van der Waals surface area contributed by atoms with Crippen molar-refractivity contribution in [1.82, 2.24) is 5.32 Å². The molecule has 2 aromatic carbocycles. The molecule has 0 aromatic heterocycles. The second kappa shape index (κ2) is 9.75. The minimum absolute atomic E-state index is 0.118. The van der Waals surface area contributed by atoms with Gasteiger partial charge in [0, 0.05) is 6.61 Å². The highest BCUT2D eigenvalue weighted by molar-refractivity contribution is 5.68. The van der Waals surface area contributed by atoms with E-state index in [1.807, 2.05) is 72.8 Å². The summed E-state index contributed by atoms with van der Waals surface area (Å²) >= 11 is 0. The number of nitrogens with zero attached hydrogens (tertiary/aromatic N) is 1. The molecule has 1 aliphatic heterocycles. The lowest BCUT2D eigenvalue weighted by atomic mass is 10.1. The third-order valence-electron chi connectivity index (χ3n) is 4.15. The summed E-state index contributed by atoms with van der Waals surface area (Å²) in [6, 6.07) is 19.1. The number of rotatable bonds is 7. The summed E-state index contributed by atoms with van der Waals surface area (Å²) in [6.45, 7) is 0.320. The fourth-order valence-corrected chi connectivity index (χ4v) is 2.78. The second-order valence-corrected chi connectivity index (χ2v) is 6.21. The molecular weight excluding hydrogens is 344 g/mol. The summed E-state index contributed by atoms with van der Waals surface area (Å²) in [4.78, 5) is 18.2. The van der Waals surface area contributed by atoms with Gasteiger partial charge in [0.1, 0.15) is 18.9 Å². The normalized spacial score (nSPS) is 18.9. The van der Waals surface area contributed by atoms with Crippen molar-refractivity contribution >= 4 is 11.8 Å². The van der Waals surface area contributed by atoms with Gasteiger partial charge in [-0.15, -0.1) is 0 Å². The Hall–Kier alpha value is -2.83. The monoisotopic (exact) mass is 368 g/mol. The highest BCUT2D eigenvalue weighted by atomic mass is 16.7. The molecule has 142 valence electrons. The molecule has 0 unspecified atom stereocenters. The summed E-state index contributed by atoms with van der Waals surface area (Å²) in [7, 11) is 0. The predicted molar refractivity (Wildman–Crippen MR) is 103 cm³/mol. The Kier molecular flexibility index (Phi) is 6.84. The summed E-state index contributed by atoms with van der Waals surface area (Å²) in [6.07, 6.45) is 3.96. The molecule has 0 radical (unpaired) electrons. The summed E-state index contributed by atoms with van der Waals surface area (Å²) in [5, 5.41) is 13.5. The lowest BCUT2D eigenvalue weighted by molar-refractivity contribution is 0.0260. The van der Waals surface area contributed by atoms with E-state index in [0.717, 1.165) is 11.3 Å². The van der Waals surface area contributed by atoms with Gasteiger partial charge in [-0.3, -0.25) is 10.2 Å². The van der Waals surface area contributed by atoms with Crippen LogP contribution in [-0.2, 0) is 16.2 Å². The number of aliphatic hydroxyl groups is 1. The zero-order valence-electron chi connectivity index (χ0n) is 15.0. The lowest BCUT2D eigenvalue weighted by Crippen LogP contribution is -2.51.